The molecule has 29 heavy (non-hydrogen) atoms. The second-order valence-electron chi connectivity index (χ2n) is 6.24. The number of rotatable bonds is 4. The number of hydrogen-bond donors (Lipinski definition) is 0. The van der Waals surface area contributed by atoms with Crippen LogP contribution < -0.4 is 0 Å². The van der Waals surface area contributed by atoms with Gasteiger partial charge >= 0.3 is 12.1 Å². The Morgan fingerprint density at radius 3 is 2.17 bits per heavy atom. The molecule has 0 radical (unpaired) electrons. The molecule has 10 heteroatoms. The minimum Gasteiger partial charge on any atom is -0.465 e. The quantitative estimate of drug-likeness (QED) is 0.174. The molecule has 0 spiro atoms. The number of ether oxygens (including phenoxy) is 1. The second kappa shape index (κ2) is 8.08. The highest BCUT2D eigenvalue weighted by Crippen LogP contribution is 2.40. The van der Waals surface area contributed by atoms with Crippen molar-refractivity contribution < 1.29 is 31.9 Å². The normalized spacial score (nSPS) is 14.1. The van der Waals surface area contributed by atoms with Crippen LogP contribution >= 0.6 is 34.5 Å². The van der Waals surface area contributed by atoms with Crippen LogP contribution in [0.3, 0.4) is 0 Å². The number of carbonyl (C=O) groups is 2. The molecule has 3 rings (SSSR count). The summed E-state index contributed by atoms with van der Waals surface area (Å²) >= 11 is 12.0. The third-order valence-corrected chi connectivity index (χ3v) is 6.26. The molecule has 0 unspecified atom stereocenters. The predicted octanol–water partition coefficient (Wildman–Crippen LogP) is 6.30. The highest BCUT2D eigenvalue weighted by molar-refractivity contribution is 7.16. The van der Waals surface area contributed by atoms with Crippen LogP contribution in [0.25, 0.3) is 5.57 Å². The van der Waals surface area contributed by atoms with E-state index in [1.54, 1.807) is 0 Å². The second-order valence-corrected chi connectivity index (χ2v) is 8.07. The van der Waals surface area contributed by atoms with Gasteiger partial charge < -0.3 is 4.74 Å². The molecule has 1 heterocycles. The standard InChI is InChI=1S/C19H12Cl2F4O3S/c1-28-18(27)17-10-4-2-3-9(10)16(29-17)14(26)7-11(19(23,24)25)8-5-12(20)15(22)13(21)6-8/h5-7H,2-4H2,1H3/b11-7+. The van der Waals surface area contributed by atoms with Gasteiger partial charge in [0.25, 0.3) is 0 Å². The first-order valence-electron chi connectivity index (χ1n) is 8.25. The van der Waals surface area contributed by atoms with Crippen LogP contribution in [-0.2, 0) is 17.6 Å². The fraction of sp³-hybridized carbons (Fsp3) is 0.263. The fourth-order valence-electron chi connectivity index (χ4n) is 3.16. The lowest BCUT2D eigenvalue weighted by Crippen LogP contribution is -2.13. The van der Waals surface area contributed by atoms with Crippen LogP contribution in [0, 0.1) is 5.82 Å². The van der Waals surface area contributed by atoms with Crippen molar-refractivity contribution in [1.29, 1.82) is 0 Å². The third kappa shape index (κ3) is 4.20. The van der Waals surface area contributed by atoms with E-state index in [1.807, 2.05) is 0 Å². The molecular weight excluding hydrogens is 455 g/mol. The molecule has 0 saturated carbocycles. The molecule has 2 aromatic rings. The maximum atomic E-state index is 13.6. The van der Waals surface area contributed by atoms with Crippen LogP contribution in [-0.4, -0.2) is 25.0 Å². The zero-order chi connectivity index (χ0) is 21.5. The Bertz CT molecular complexity index is 1020. The molecule has 3 nitrogen and oxygen atoms in total. The summed E-state index contributed by atoms with van der Waals surface area (Å²) in [6.45, 7) is 0. The van der Waals surface area contributed by atoms with Crippen LogP contribution in [0.15, 0.2) is 18.2 Å². The van der Waals surface area contributed by atoms with E-state index in [4.69, 9.17) is 27.9 Å². The average Bonchev–Trinajstić information content (AvgIpc) is 3.24. The maximum absolute atomic E-state index is 13.6. The number of alkyl halides is 3. The summed E-state index contributed by atoms with van der Waals surface area (Å²) < 4.78 is 59.2. The maximum Gasteiger partial charge on any atom is 0.417 e. The summed E-state index contributed by atoms with van der Waals surface area (Å²) in [7, 11) is 1.19. The van der Waals surface area contributed by atoms with Crippen molar-refractivity contribution in [2.24, 2.45) is 0 Å². The van der Waals surface area contributed by atoms with E-state index < -0.39 is 44.9 Å². The Morgan fingerprint density at radius 2 is 1.66 bits per heavy atom. The smallest absolute Gasteiger partial charge is 0.417 e. The van der Waals surface area contributed by atoms with E-state index in [1.165, 1.54) is 7.11 Å². The summed E-state index contributed by atoms with van der Waals surface area (Å²) in [6, 6.07) is 1.52. The van der Waals surface area contributed by atoms with E-state index in [9.17, 15) is 27.2 Å². The average molecular weight is 467 g/mol. The monoisotopic (exact) mass is 466 g/mol. The molecule has 154 valence electrons. The van der Waals surface area contributed by atoms with E-state index in [0.29, 0.717) is 36.5 Å². The van der Waals surface area contributed by atoms with Gasteiger partial charge in [0, 0.05) is 0 Å². The van der Waals surface area contributed by atoms with Crippen LogP contribution in [0.2, 0.25) is 10.0 Å². The number of halogens is 6. The first-order valence-corrected chi connectivity index (χ1v) is 9.82. The van der Waals surface area contributed by atoms with Gasteiger partial charge in [0.1, 0.15) is 4.88 Å². The van der Waals surface area contributed by atoms with Crippen LogP contribution in [0.1, 0.15) is 42.5 Å². The number of fused-ring (bicyclic) bond motifs is 1. The zero-order valence-electron chi connectivity index (χ0n) is 14.8. The van der Waals surface area contributed by atoms with Crippen molar-refractivity contribution in [2.45, 2.75) is 25.4 Å². The van der Waals surface area contributed by atoms with Gasteiger partial charge in [-0.15, -0.1) is 11.3 Å². The molecule has 1 aliphatic carbocycles. The van der Waals surface area contributed by atoms with Gasteiger partial charge in [-0.3, -0.25) is 4.79 Å². The Labute approximate surface area is 176 Å². The zero-order valence-corrected chi connectivity index (χ0v) is 17.1. The highest BCUT2D eigenvalue weighted by atomic mass is 35.5. The molecule has 0 bridgehead atoms. The van der Waals surface area contributed by atoms with E-state index >= 15 is 0 Å². The Balaban J connectivity index is 2.11. The molecule has 0 N–H and O–H groups in total. The molecule has 1 aromatic carbocycles. The number of carbonyl (C=O) groups excluding carboxylic acids is 2. The summed E-state index contributed by atoms with van der Waals surface area (Å²) in [5, 5.41) is -1.19. The SMILES string of the molecule is COC(=O)c1sc(C(=O)/C=C(\c2cc(Cl)c(F)c(Cl)c2)C(F)(F)F)c2c1CCC2. The molecule has 0 saturated heterocycles. The number of allylic oxidation sites excluding steroid dienone is 2. The number of hydrogen-bond acceptors (Lipinski definition) is 4. The first kappa shape index (κ1) is 21.8. The molecule has 1 aromatic heterocycles. The fourth-order valence-corrected chi connectivity index (χ4v) is 4.88. The lowest BCUT2D eigenvalue weighted by molar-refractivity contribution is -0.0689. The number of ketones is 1. The summed E-state index contributed by atoms with van der Waals surface area (Å²) in [4.78, 5) is 24.9. The van der Waals surface area contributed by atoms with Gasteiger partial charge in [-0.2, -0.15) is 13.2 Å². The summed E-state index contributed by atoms with van der Waals surface area (Å²) in [6.07, 6.45) is -2.80. The van der Waals surface area contributed by atoms with Crippen molar-refractivity contribution in [3.8, 4) is 0 Å². The van der Waals surface area contributed by atoms with Crippen molar-refractivity contribution >= 4 is 51.9 Å². The van der Waals surface area contributed by atoms with E-state index in [0.717, 1.165) is 23.5 Å². The lowest BCUT2D eigenvalue weighted by Gasteiger charge is -2.13. The number of benzene rings is 1. The van der Waals surface area contributed by atoms with Crippen LogP contribution in [0.5, 0.6) is 0 Å². The minimum absolute atomic E-state index is 0.0546. The van der Waals surface area contributed by atoms with Gasteiger partial charge in [0.05, 0.1) is 27.6 Å². The van der Waals surface area contributed by atoms with E-state index in [-0.39, 0.29) is 9.75 Å². The Kier molecular flexibility index (Phi) is 6.08. The molecule has 0 amide bonds. The number of thiophene rings is 1. The summed E-state index contributed by atoms with van der Waals surface area (Å²) in [5.41, 5.74) is -0.650. The van der Waals surface area contributed by atoms with Crippen molar-refractivity contribution in [1.82, 2.24) is 0 Å². The van der Waals surface area contributed by atoms with Crippen molar-refractivity contribution in [3.05, 3.63) is 60.5 Å². The lowest BCUT2D eigenvalue weighted by atomic mass is 10.0. The molecular formula is C19H12Cl2F4O3S. The molecule has 1 aliphatic rings. The minimum atomic E-state index is -4.92. The Morgan fingerprint density at radius 1 is 1.10 bits per heavy atom. The molecule has 0 aliphatic heterocycles. The third-order valence-electron chi connectivity index (χ3n) is 4.44. The van der Waals surface area contributed by atoms with Gasteiger partial charge in [-0.1, -0.05) is 23.2 Å². The largest absolute Gasteiger partial charge is 0.465 e. The number of esters is 1. The Hall–Kier alpha value is -1.90. The molecule has 0 fully saturated rings. The molecule has 0 atom stereocenters. The topological polar surface area (TPSA) is 43.4 Å². The van der Waals surface area contributed by atoms with Crippen molar-refractivity contribution in [2.75, 3.05) is 7.11 Å². The van der Waals surface area contributed by atoms with Crippen molar-refractivity contribution in [3.63, 3.8) is 0 Å². The predicted molar refractivity (Wildman–Crippen MR) is 102 cm³/mol. The van der Waals surface area contributed by atoms with Gasteiger partial charge in [-0.05, 0) is 54.2 Å². The van der Waals surface area contributed by atoms with Gasteiger partial charge in [-0.25, -0.2) is 9.18 Å². The van der Waals surface area contributed by atoms with Crippen LogP contribution in [0.4, 0.5) is 17.6 Å². The first-order chi connectivity index (χ1) is 13.5. The van der Waals surface area contributed by atoms with E-state index in [2.05, 4.69) is 0 Å². The highest BCUT2D eigenvalue weighted by Gasteiger charge is 2.37. The summed E-state index contributed by atoms with van der Waals surface area (Å²) in [5.74, 6) is -2.60. The number of methoxy groups -OCH3 is 1. The van der Waals surface area contributed by atoms with Gasteiger partial charge in [0.15, 0.2) is 11.6 Å². The van der Waals surface area contributed by atoms with Gasteiger partial charge in [0.2, 0.25) is 0 Å².